The van der Waals surface area contributed by atoms with Gasteiger partial charge >= 0.3 is 5.97 Å². The number of carbonyl (C=O) groups is 2. The second-order valence-electron chi connectivity index (χ2n) is 10.5. The summed E-state index contributed by atoms with van der Waals surface area (Å²) in [5.74, 6) is -0.317. The number of hydrogen-bond donors (Lipinski definition) is 0. The Morgan fingerprint density at radius 2 is 2.03 bits per heavy atom. The molecule has 0 radical (unpaired) electrons. The number of esters is 1. The van der Waals surface area contributed by atoms with Gasteiger partial charge in [0.05, 0.1) is 24.5 Å². The van der Waals surface area contributed by atoms with Crippen LogP contribution < -0.4 is 0 Å². The molecular formula is C24H41NO4Si. The van der Waals surface area contributed by atoms with Gasteiger partial charge in [-0.2, -0.15) is 0 Å². The van der Waals surface area contributed by atoms with Crippen LogP contribution in [0.1, 0.15) is 66.7 Å². The van der Waals surface area contributed by atoms with E-state index in [1.54, 1.807) is 0 Å². The molecule has 6 heteroatoms. The van der Waals surface area contributed by atoms with Crippen molar-refractivity contribution in [2.45, 2.75) is 91.0 Å². The zero-order chi connectivity index (χ0) is 22.7. The zero-order valence-corrected chi connectivity index (χ0v) is 21.0. The maximum atomic E-state index is 13.6. The quantitative estimate of drug-likeness (QED) is 0.293. The van der Waals surface area contributed by atoms with Gasteiger partial charge < -0.3 is 9.16 Å². The predicted molar refractivity (Wildman–Crippen MR) is 124 cm³/mol. The van der Waals surface area contributed by atoms with Gasteiger partial charge in [-0.15, -0.1) is 6.58 Å². The Balaban J connectivity index is 2.58. The lowest BCUT2D eigenvalue weighted by molar-refractivity contribution is -0.151. The van der Waals surface area contributed by atoms with E-state index in [0.717, 1.165) is 25.1 Å². The molecule has 0 unspecified atom stereocenters. The third-order valence-corrected chi connectivity index (χ3v) is 11.9. The molecule has 30 heavy (non-hydrogen) atoms. The summed E-state index contributed by atoms with van der Waals surface area (Å²) in [6.45, 7) is 20.1. The third kappa shape index (κ3) is 4.80. The first-order chi connectivity index (χ1) is 13.9. The monoisotopic (exact) mass is 435 g/mol. The Morgan fingerprint density at radius 3 is 2.53 bits per heavy atom. The lowest BCUT2D eigenvalue weighted by Crippen LogP contribution is -2.59. The van der Waals surface area contributed by atoms with Gasteiger partial charge in [0, 0.05) is 24.6 Å². The van der Waals surface area contributed by atoms with E-state index < -0.39 is 13.7 Å². The van der Waals surface area contributed by atoms with Gasteiger partial charge in [-0.25, -0.2) is 0 Å². The van der Waals surface area contributed by atoms with E-state index in [4.69, 9.17) is 14.2 Å². The maximum Gasteiger partial charge on any atom is 0.306 e. The molecule has 0 aromatic carbocycles. The Bertz CT molecular complexity index is 694. The van der Waals surface area contributed by atoms with E-state index in [1.807, 2.05) is 13.0 Å². The summed E-state index contributed by atoms with van der Waals surface area (Å²) in [5.41, 5.74) is 0.141. The van der Waals surface area contributed by atoms with E-state index in [2.05, 4.69) is 47.4 Å². The molecule has 1 fully saturated rings. The summed E-state index contributed by atoms with van der Waals surface area (Å²) in [4.78, 5) is 31.1. The molecule has 170 valence electrons. The zero-order valence-electron chi connectivity index (χ0n) is 20.0. The first-order valence-electron chi connectivity index (χ1n) is 11.4. The van der Waals surface area contributed by atoms with Crippen LogP contribution >= 0.6 is 0 Å². The van der Waals surface area contributed by atoms with Crippen LogP contribution in [0.3, 0.4) is 0 Å². The number of aliphatic imine (C=N–C) groups is 1. The number of allylic oxidation sites excluding steroid dienone is 1. The number of carbonyl (C=O) groups excluding carboxylic acids is 2. The number of ether oxygens (including phenoxy) is 1. The van der Waals surface area contributed by atoms with Crippen molar-refractivity contribution >= 4 is 25.8 Å². The lowest BCUT2D eigenvalue weighted by atomic mass is 9.56. The van der Waals surface area contributed by atoms with Crippen LogP contribution in [0.5, 0.6) is 0 Å². The topological polar surface area (TPSA) is 65.0 Å². The van der Waals surface area contributed by atoms with Gasteiger partial charge in [0.1, 0.15) is 5.78 Å². The fourth-order valence-corrected chi connectivity index (χ4v) is 6.20. The summed E-state index contributed by atoms with van der Waals surface area (Å²) >= 11 is 0. The van der Waals surface area contributed by atoms with E-state index in [9.17, 15) is 9.59 Å². The summed E-state index contributed by atoms with van der Waals surface area (Å²) in [6, 6.07) is 0. The molecule has 1 aliphatic carbocycles. The van der Waals surface area contributed by atoms with Crippen LogP contribution in [0.25, 0.3) is 0 Å². The van der Waals surface area contributed by atoms with Gasteiger partial charge in [0.2, 0.25) is 0 Å². The SMILES string of the molecule is C=CC[C@]1(C2=NCCC2)C(=O)C[C@H](C)[C@H](O[Si](C)(C)C(C)(C)C)[C@H]1CC(=O)OCC. The van der Waals surface area contributed by atoms with Crippen molar-refractivity contribution < 1.29 is 18.8 Å². The molecular weight excluding hydrogens is 394 g/mol. The highest BCUT2D eigenvalue weighted by Crippen LogP contribution is 2.51. The molecule has 5 nitrogen and oxygen atoms in total. The summed E-state index contributed by atoms with van der Waals surface area (Å²) in [5, 5.41) is 0.0363. The Kier molecular flexibility index (Phi) is 7.89. The van der Waals surface area contributed by atoms with E-state index >= 15 is 0 Å². The molecule has 4 atom stereocenters. The molecule has 2 rings (SSSR count). The van der Waals surface area contributed by atoms with Crippen LogP contribution in [-0.4, -0.2) is 45.0 Å². The minimum Gasteiger partial charge on any atom is -0.466 e. The number of nitrogens with zero attached hydrogens (tertiary/aromatic N) is 1. The molecule has 0 N–H and O–H groups in total. The molecule has 0 aromatic heterocycles. The van der Waals surface area contributed by atoms with Crippen molar-refractivity contribution in [1.29, 1.82) is 0 Å². The normalized spacial score (nSPS) is 30.2. The minimum atomic E-state index is -2.12. The summed E-state index contributed by atoms with van der Waals surface area (Å²) in [7, 11) is -2.12. The van der Waals surface area contributed by atoms with Gasteiger partial charge in [-0.3, -0.25) is 14.6 Å². The lowest BCUT2D eigenvalue weighted by Gasteiger charge is -2.52. The van der Waals surface area contributed by atoms with Crippen LogP contribution in [-0.2, 0) is 18.8 Å². The van der Waals surface area contributed by atoms with Gasteiger partial charge in [-0.05, 0) is 50.2 Å². The number of ketones is 1. The highest BCUT2D eigenvalue weighted by Gasteiger charge is 2.58. The molecule has 2 aliphatic rings. The van der Waals surface area contributed by atoms with Crippen LogP contribution in [0.15, 0.2) is 17.6 Å². The third-order valence-electron chi connectivity index (χ3n) is 7.38. The van der Waals surface area contributed by atoms with E-state index in [0.29, 0.717) is 19.4 Å². The standard InChI is InChI=1S/C24H41NO4Si/c1-9-13-24(19-12-11-14-25-19)18(16-21(27)28-10-2)22(17(3)15-20(24)26)29-30(7,8)23(4,5)6/h9,17-18,22H,1,10-16H2,2-8H3/t17-,18+,22-,24-/m0/s1. The fourth-order valence-electron chi connectivity index (χ4n) is 4.77. The first-order valence-corrected chi connectivity index (χ1v) is 14.3. The molecule has 0 amide bonds. The Hall–Kier alpha value is -1.27. The number of hydrogen-bond acceptors (Lipinski definition) is 5. The number of rotatable bonds is 8. The molecule has 0 bridgehead atoms. The second-order valence-corrected chi connectivity index (χ2v) is 15.2. The van der Waals surface area contributed by atoms with Crippen LogP contribution in [0.4, 0.5) is 0 Å². The van der Waals surface area contributed by atoms with E-state index in [-0.39, 0.29) is 41.2 Å². The first kappa shape index (κ1) is 25.0. The van der Waals surface area contributed by atoms with E-state index in [1.165, 1.54) is 0 Å². The van der Waals surface area contributed by atoms with Crippen molar-refractivity contribution in [3.63, 3.8) is 0 Å². The molecule has 0 aromatic rings. The summed E-state index contributed by atoms with van der Waals surface area (Å²) in [6.07, 6.45) is 4.52. The van der Waals surface area contributed by atoms with Crippen molar-refractivity contribution in [2.24, 2.45) is 22.2 Å². The molecule has 1 aliphatic heterocycles. The second kappa shape index (κ2) is 9.47. The Labute approximate surface area is 183 Å². The number of Topliss-reactive ketones (excluding diaryl/α,β-unsaturated/α-hetero) is 1. The van der Waals surface area contributed by atoms with Crippen molar-refractivity contribution in [3.05, 3.63) is 12.7 Å². The van der Waals surface area contributed by atoms with Crippen LogP contribution in [0, 0.1) is 17.3 Å². The van der Waals surface area contributed by atoms with Crippen molar-refractivity contribution in [1.82, 2.24) is 0 Å². The summed E-state index contributed by atoms with van der Waals surface area (Å²) < 4.78 is 12.3. The molecule has 0 spiro atoms. The Morgan fingerprint density at radius 1 is 1.37 bits per heavy atom. The highest BCUT2D eigenvalue weighted by molar-refractivity contribution is 6.74. The molecule has 1 heterocycles. The van der Waals surface area contributed by atoms with Crippen LogP contribution in [0.2, 0.25) is 18.1 Å². The average Bonchev–Trinajstić information content (AvgIpc) is 3.15. The largest absolute Gasteiger partial charge is 0.466 e. The fraction of sp³-hybridized carbons (Fsp3) is 0.792. The van der Waals surface area contributed by atoms with Gasteiger partial charge in [0.25, 0.3) is 0 Å². The average molecular weight is 436 g/mol. The molecule has 1 saturated carbocycles. The highest BCUT2D eigenvalue weighted by atomic mass is 28.4. The maximum absolute atomic E-state index is 13.6. The smallest absolute Gasteiger partial charge is 0.306 e. The minimum absolute atomic E-state index is 0.0363. The van der Waals surface area contributed by atoms with Gasteiger partial charge in [0.15, 0.2) is 8.32 Å². The van der Waals surface area contributed by atoms with Crippen molar-refractivity contribution in [3.8, 4) is 0 Å². The van der Waals surface area contributed by atoms with Crippen molar-refractivity contribution in [2.75, 3.05) is 13.2 Å². The molecule has 0 saturated heterocycles. The predicted octanol–water partition coefficient (Wildman–Crippen LogP) is 5.35. The van der Waals surface area contributed by atoms with Gasteiger partial charge in [-0.1, -0.05) is 33.8 Å².